The second-order valence-electron chi connectivity index (χ2n) is 9.43. The van der Waals surface area contributed by atoms with Gasteiger partial charge in [0.2, 0.25) is 0 Å². The van der Waals surface area contributed by atoms with Gasteiger partial charge in [-0.1, -0.05) is 24.3 Å². The van der Waals surface area contributed by atoms with Crippen LogP contribution in [0, 0.1) is 6.92 Å². The average Bonchev–Trinajstić information content (AvgIpc) is 2.91. The number of morpholine rings is 1. The molecule has 1 aliphatic heterocycles. The molecule has 39 heavy (non-hydrogen) atoms. The molecule has 4 aromatic rings. The molecule has 204 valence electrons. The van der Waals surface area contributed by atoms with E-state index in [0.29, 0.717) is 43.1 Å². The molecule has 2 heterocycles. The Kier molecular flexibility index (Phi) is 6.92. The van der Waals surface area contributed by atoms with Crippen molar-refractivity contribution in [3.63, 3.8) is 0 Å². The van der Waals surface area contributed by atoms with Crippen molar-refractivity contribution in [2.24, 2.45) is 0 Å². The van der Waals surface area contributed by atoms with Gasteiger partial charge in [-0.15, -0.1) is 0 Å². The zero-order valence-corrected chi connectivity index (χ0v) is 21.2. The van der Waals surface area contributed by atoms with Crippen molar-refractivity contribution in [2.75, 3.05) is 43.2 Å². The molecule has 0 bridgehead atoms. The van der Waals surface area contributed by atoms with E-state index < -0.39 is 23.5 Å². The Morgan fingerprint density at radius 2 is 1.46 bits per heavy atom. The number of benzene rings is 3. The molecule has 0 N–H and O–H groups in total. The van der Waals surface area contributed by atoms with Gasteiger partial charge in [-0.3, -0.25) is 0 Å². The molecule has 0 amide bonds. The Bertz CT molecular complexity index is 1480. The molecule has 1 saturated heterocycles. The Hall–Kier alpha value is -3.79. The number of rotatable bonds is 4. The summed E-state index contributed by atoms with van der Waals surface area (Å²) in [6.45, 7) is 4.48. The van der Waals surface area contributed by atoms with E-state index in [2.05, 4.69) is 4.90 Å². The van der Waals surface area contributed by atoms with Crippen LogP contribution < -0.4 is 9.80 Å². The number of pyridine rings is 1. The third-order valence-electron chi connectivity index (χ3n) is 6.91. The van der Waals surface area contributed by atoms with Gasteiger partial charge in [0, 0.05) is 42.5 Å². The van der Waals surface area contributed by atoms with Crippen LogP contribution in [0.25, 0.3) is 22.0 Å². The number of aryl methyl sites for hydroxylation is 1. The van der Waals surface area contributed by atoms with Gasteiger partial charge in [-0.2, -0.15) is 26.3 Å². The lowest BCUT2D eigenvalue weighted by Gasteiger charge is -2.29. The fraction of sp³-hybridized carbons (Fsp3) is 0.276. The quantitative estimate of drug-likeness (QED) is 0.244. The first-order valence-electron chi connectivity index (χ1n) is 12.3. The summed E-state index contributed by atoms with van der Waals surface area (Å²) in [5.74, 6) is 0.773. The number of hydrogen-bond donors (Lipinski definition) is 0. The van der Waals surface area contributed by atoms with Crippen molar-refractivity contribution in [1.29, 1.82) is 0 Å². The number of anilines is 3. The van der Waals surface area contributed by atoms with E-state index in [1.807, 2.05) is 43.3 Å². The SMILES string of the molecule is Cc1ccccc1-c1c(N(C)c2cc(C(F)(F)F)cc(C(F)(F)F)c2)ccc2nc(N3CCOCC3)ccc12. The molecule has 1 aliphatic rings. The monoisotopic (exact) mass is 545 g/mol. The van der Waals surface area contributed by atoms with Crippen LogP contribution in [0.3, 0.4) is 0 Å². The molecular weight excluding hydrogens is 520 g/mol. The van der Waals surface area contributed by atoms with Gasteiger partial charge in [-0.05, 0) is 60.5 Å². The van der Waals surface area contributed by atoms with Crippen LogP contribution >= 0.6 is 0 Å². The van der Waals surface area contributed by atoms with E-state index in [4.69, 9.17) is 9.72 Å². The van der Waals surface area contributed by atoms with Gasteiger partial charge in [0.1, 0.15) is 5.82 Å². The molecule has 1 aromatic heterocycles. The van der Waals surface area contributed by atoms with Crippen molar-refractivity contribution in [3.8, 4) is 11.1 Å². The minimum atomic E-state index is -4.95. The van der Waals surface area contributed by atoms with Crippen LogP contribution in [0.1, 0.15) is 16.7 Å². The zero-order chi connectivity index (χ0) is 27.9. The Balaban J connectivity index is 1.71. The standard InChI is InChI=1S/C29H25F6N3O/c1-18-5-3-4-6-22(18)27-23-7-10-26(38-11-13-39-14-12-38)36-24(23)8-9-25(27)37(2)21-16-19(28(30,31)32)15-20(17-21)29(33,34)35/h3-10,15-17H,11-14H2,1-2H3. The van der Waals surface area contributed by atoms with Gasteiger partial charge >= 0.3 is 12.4 Å². The molecule has 10 heteroatoms. The molecule has 0 radical (unpaired) electrons. The Morgan fingerprint density at radius 3 is 2.08 bits per heavy atom. The first kappa shape index (κ1) is 26.8. The van der Waals surface area contributed by atoms with Gasteiger partial charge in [-0.25, -0.2) is 4.98 Å². The van der Waals surface area contributed by atoms with Gasteiger partial charge in [0.05, 0.1) is 29.9 Å². The fourth-order valence-corrected chi connectivity index (χ4v) is 4.84. The van der Waals surface area contributed by atoms with Crippen LogP contribution in [0.4, 0.5) is 43.5 Å². The number of nitrogens with zero attached hydrogens (tertiary/aromatic N) is 3. The normalized spacial score (nSPS) is 14.6. The molecule has 3 aromatic carbocycles. The van der Waals surface area contributed by atoms with Crippen LogP contribution in [0.2, 0.25) is 0 Å². The lowest BCUT2D eigenvalue weighted by atomic mass is 9.94. The molecular formula is C29H25F6N3O. The summed E-state index contributed by atoms with van der Waals surface area (Å²) in [5.41, 5.74) is 0.512. The minimum absolute atomic E-state index is 0.136. The van der Waals surface area contributed by atoms with Crippen molar-refractivity contribution < 1.29 is 31.1 Å². The predicted octanol–water partition coefficient (Wildman–Crippen LogP) is 7.85. The molecule has 0 saturated carbocycles. The van der Waals surface area contributed by atoms with Gasteiger partial charge in [0.25, 0.3) is 0 Å². The lowest BCUT2D eigenvalue weighted by Crippen LogP contribution is -2.36. The number of ether oxygens (including phenoxy) is 1. The number of alkyl halides is 6. The highest BCUT2D eigenvalue weighted by Gasteiger charge is 2.37. The number of aromatic nitrogens is 1. The molecule has 0 spiro atoms. The average molecular weight is 546 g/mol. The maximum atomic E-state index is 13.6. The smallest absolute Gasteiger partial charge is 0.378 e. The largest absolute Gasteiger partial charge is 0.416 e. The minimum Gasteiger partial charge on any atom is -0.378 e. The number of fused-ring (bicyclic) bond motifs is 1. The van der Waals surface area contributed by atoms with E-state index in [1.165, 1.54) is 11.9 Å². The summed E-state index contributed by atoms with van der Waals surface area (Å²) in [6, 6.07) is 16.3. The second-order valence-corrected chi connectivity index (χ2v) is 9.43. The topological polar surface area (TPSA) is 28.6 Å². The molecule has 4 nitrogen and oxygen atoms in total. The molecule has 0 aliphatic carbocycles. The van der Waals surface area contributed by atoms with Crippen molar-refractivity contribution >= 4 is 28.1 Å². The first-order valence-corrected chi connectivity index (χ1v) is 12.3. The van der Waals surface area contributed by atoms with Crippen LogP contribution in [-0.2, 0) is 17.1 Å². The van der Waals surface area contributed by atoms with E-state index >= 15 is 0 Å². The van der Waals surface area contributed by atoms with Crippen molar-refractivity contribution in [3.05, 3.63) is 83.4 Å². The van der Waals surface area contributed by atoms with E-state index in [-0.39, 0.29) is 11.8 Å². The van der Waals surface area contributed by atoms with E-state index in [1.54, 1.807) is 12.1 Å². The van der Waals surface area contributed by atoms with Crippen LogP contribution in [0.5, 0.6) is 0 Å². The summed E-state index contributed by atoms with van der Waals surface area (Å²) in [7, 11) is 1.47. The summed E-state index contributed by atoms with van der Waals surface area (Å²) in [5, 5.41) is 0.730. The number of halogens is 6. The van der Waals surface area contributed by atoms with Gasteiger partial charge in [0.15, 0.2) is 0 Å². The van der Waals surface area contributed by atoms with E-state index in [9.17, 15) is 26.3 Å². The fourth-order valence-electron chi connectivity index (χ4n) is 4.84. The molecule has 0 atom stereocenters. The maximum Gasteiger partial charge on any atom is 0.416 e. The maximum absolute atomic E-state index is 13.6. The van der Waals surface area contributed by atoms with Gasteiger partial charge < -0.3 is 14.5 Å². The van der Waals surface area contributed by atoms with Crippen LogP contribution in [-0.4, -0.2) is 38.3 Å². The highest BCUT2D eigenvalue weighted by Crippen LogP contribution is 2.44. The first-order chi connectivity index (χ1) is 18.4. The lowest BCUT2D eigenvalue weighted by molar-refractivity contribution is -0.143. The second kappa shape index (κ2) is 10.1. The third kappa shape index (κ3) is 5.38. The summed E-state index contributed by atoms with van der Waals surface area (Å²) < 4.78 is 87.0. The third-order valence-corrected chi connectivity index (χ3v) is 6.91. The predicted molar refractivity (Wildman–Crippen MR) is 139 cm³/mol. The summed E-state index contributed by atoms with van der Waals surface area (Å²) >= 11 is 0. The molecule has 1 fully saturated rings. The molecule has 0 unspecified atom stereocenters. The van der Waals surface area contributed by atoms with Crippen LogP contribution in [0.15, 0.2) is 66.7 Å². The highest BCUT2D eigenvalue weighted by atomic mass is 19.4. The zero-order valence-electron chi connectivity index (χ0n) is 21.2. The van der Waals surface area contributed by atoms with Crippen molar-refractivity contribution in [2.45, 2.75) is 19.3 Å². The highest BCUT2D eigenvalue weighted by molar-refractivity contribution is 6.03. The number of hydrogen-bond acceptors (Lipinski definition) is 4. The Morgan fingerprint density at radius 1 is 0.821 bits per heavy atom. The molecule has 5 rings (SSSR count). The summed E-state index contributed by atoms with van der Waals surface area (Å²) in [4.78, 5) is 8.31. The van der Waals surface area contributed by atoms with E-state index in [0.717, 1.165) is 34.5 Å². The van der Waals surface area contributed by atoms with Crippen molar-refractivity contribution in [1.82, 2.24) is 4.98 Å². The Labute approximate surface area is 221 Å². The summed E-state index contributed by atoms with van der Waals surface area (Å²) in [6.07, 6.45) is -9.89.